The number of hydrogen-bond acceptors (Lipinski definition) is 5. The first-order chi connectivity index (χ1) is 19.8. The lowest BCUT2D eigenvalue weighted by Gasteiger charge is -2.20. The predicted molar refractivity (Wildman–Crippen MR) is 160 cm³/mol. The van der Waals surface area contributed by atoms with Gasteiger partial charge in [0.25, 0.3) is 0 Å². The molecule has 1 N–H and O–H groups in total. The molecule has 0 fully saturated rings. The third kappa shape index (κ3) is 5.38. The molecule has 2 aliphatic heterocycles. The van der Waals surface area contributed by atoms with Crippen molar-refractivity contribution in [2.45, 2.75) is 46.3 Å². The molecule has 0 unspecified atom stereocenters. The van der Waals surface area contributed by atoms with E-state index in [-0.39, 0.29) is 22.6 Å². The van der Waals surface area contributed by atoms with Crippen LogP contribution < -0.4 is 0 Å². The molecule has 0 atom stereocenters. The number of fused-ring (bicyclic) bond motifs is 4. The monoisotopic (exact) mass is 606 g/mol. The fraction of sp³-hybridized carbons (Fsp3) is 0.125. The summed E-state index contributed by atoms with van der Waals surface area (Å²) >= 11 is 2.77. The number of hydrogen-bond donors (Lipinski definition) is 1. The number of benzene rings is 4. The maximum absolute atomic E-state index is 15.0. The first kappa shape index (κ1) is 27.9. The van der Waals surface area contributed by atoms with Gasteiger partial charge in [-0.2, -0.15) is 0 Å². The Morgan fingerprint density at radius 2 is 1.10 bits per heavy atom. The second kappa shape index (κ2) is 11.2. The smallest absolute Gasteiger partial charge is 0.394 e. The maximum Gasteiger partial charge on any atom is 0.584 e. The van der Waals surface area contributed by atoms with Gasteiger partial charge in [0.05, 0.1) is 0 Å². The van der Waals surface area contributed by atoms with E-state index >= 15 is 0 Å². The first-order valence-electron chi connectivity index (χ1n) is 13.1. The Labute approximate surface area is 245 Å². The van der Waals surface area contributed by atoms with Crippen molar-refractivity contribution in [3.63, 3.8) is 0 Å². The van der Waals surface area contributed by atoms with Crippen molar-refractivity contribution >= 4 is 55.0 Å². The molecular weight excluding hydrogens is 581 g/mol. The molecule has 2 heterocycles. The zero-order valence-corrected chi connectivity index (χ0v) is 24.7. The van der Waals surface area contributed by atoms with Crippen molar-refractivity contribution in [3.8, 4) is 0 Å². The summed E-state index contributed by atoms with van der Waals surface area (Å²) in [5.74, 6) is -0.940. The van der Waals surface area contributed by atoms with Crippen LogP contribution >= 0.6 is 31.3 Å². The van der Waals surface area contributed by atoms with E-state index in [0.29, 0.717) is 33.8 Å². The Balaban J connectivity index is 1.45. The van der Waals surface area contributed by atoms with Crippen molar-refractivity contribution < 1.29 is 27.3 Å². The van der Waals surface area contributed by atoms with Crippen LogP contribution in [0.1, 0.15) is 47.2 Å². The van der Waals surface area contributed by atoms with E-state index in [1.807, 2.05) is 38.1 Å². The van der Waals surface area contributed by atoms with Crippen LogP contribution in [0.3, 0.4) is 0 Å². The van der Waals surface area contributed by atoms with Crippen molar-refractivity contribution in [2.24, 2.45) is 0 Å². The van der Waals surface area contributed by atoms with Gasteiger partial charge in [-0.1, -0.05) is 85.9 Å². The maximum atomic E-state index is 15.0. The SMILES string of the molecule is CCc1cccc2c1Sc1cccc(F)c1C=C2OP(=O)(O)OC1=Cc2c(F)cccc2Sc2c(CC)cccc21. The van der Waals surface area contributed by atoms with Crippen LogP contribution in [0.2, 0.25) is 0 Å². The molecule has 9 heteroatoms. The number of aryl methyl sites for hydroxylation is 2. The molecule has 6 rings (SSSR count). The molecule has 4 aromatic rings. The largest absolute Gasteiger partial charge is 0.584 e. The van der Waals surface area contributed by atoms with Gasteiger partial charge in [0, 0.05) is 41.8 Å². The molecule has 208 valence electrons. The lowest BCUT2D eigenvalue weighted by Crippen LogP contribution is -2.00. The highest BCUT2D eigenvalue weighted by molar-refractivity contribution is 7.99. The Morgan fingerprint density at radius 3 is 1.51 bits per heavy atom. The summed E-state index contributed by atoms with van der Waals surface area (Å²) in [6, 6.07) is 20.7. The molecule has 0 bridgehead atoms. The van der Waals surface area contributed by atoms with E-state index in [4.69, 9.17) is 9.05 Å². The number of phosphoric ester groups is 1. The Kier molecular flexibility index (Phi) is 7.60. The molecule has 0 radical (unpaired) electrons. The highest BCUT2D eigenvalue weighted by Crippen LogP contribution is 2.56. The Hall–Kier alpha value is -3.29. The second-order valence-electron chi connectivity index (χ2n) is 9.47. The molecule has 2 aliphatic rings. The van der Waals surface area contributed by atoms with Crippen LogP contribution in [0.5, 0.6) is 0 Å². The van der Waals surface area contributed by atoms with E-state index in [1.165, 1.54) is 47.8 Å². The standard InChI is InChI=1S/C32H25F2O4PS2/c1-3-19-9-5-11-21-27(17-23-25(33)13-7-15-29(23)40-31(19)21)37-39(35,36)38-28-18-24-26(34)14-8-16-30(24)41-32-20(4-2)10-6-12-22(28)32/h5-18H,3-4H2,1-2H3,(H,35,36). The van der Waals surface area contributed by atoms with E-state index in [2.05, 4.69) is 0 Å². The summed E-state index contributed by atoms with van der Waals surface area (Å²) in [6.07, 6.45) is 4.27. The van der Waals surface area contributed by atoms with Crippen molar-refractivity contribution in [2.75, 3.05) is 0 Å². The van der Waals surface area contributed by atoms with Crippen LogP contribution in [0, 0.1) is 11.6 Å². The van der Waals surface area contributed by atoms with Crippen molar-refractivity contribution in [1.82, 2.24) is 0 Å². The summed E-state index contributed by atoms with van der Waals surface area (Å²) in [5, 5.41) is 0. The van der Waals surface area contributed by atoms with Gasteiger partial charge in [0.1, 0.15) is 23.2 Å². The quantitative estimate of drug-likeness (QED) is 0.221. The van der Waals surface area contributed by atoms with Crippen LogP contribution in [0.15, 0.2) is 92.4 Å². The predicted octanol–water partition coefficient (Wildman–Crippen LogP) is 9.85. The zero-order valence-electron chi connectivity index (χ0n) is 22.2. The minimum atomic E-state index is -4.88. The summed E-state index contributed by atoms with van der Waals surface area (Å²) in [4.78, 5) is 14.1. The van der Waals surface area contributed by atoms with Crippen molar-refractivity contribution in [3.05, 3.63) is 118 Å². The van der Waals surface area contributed by atoms with Crippen LogP contribution in [-0.4, -0.2) is 4.89 Å². The van der Waals surface area contributed by atoms with Gasteiger partial charge in [0.15, 0.2) is 0 Å². The topological polar surface area (TPSA) is 55.8 Å². The van der Waals surface area contributed by atoms with E-state index in [9.17, 15) is 18.2 Å². The van der Waals surface area contributed by atoms with Gasteiger partial charge in [-0.15, -0.1) is 0 Å². The second-order valence-corrected chi connectivity index (χ2v) is 12.9. The molecule has 4 nitrogen and oxygen atoms in total. The number of phosphoric acid groups is 1. The number of rotatable bonds is 6. The highest BCUT2D eigenvalue weighted by atomic mass is 32.2. The molecule has 0 saturated heterocycles. The minimum absolute atomic E-state index is 0.00944. The average Bonchev–Trinajstić information content (AvgIpc) is 3.21. The highest BCUT2D eigenvalue weighted by Gasteiger charge is 2.33. The van der Waals surface area contributed by atoms with E-state index in [0.717, 1.165) is 20.9 Å². The Morgan fingerprint density at radius 1 is 0.683 bits per heavy atom. The molecule has 0 saturated carbocycles. The fourth-order valence-corrected chi connectivity index (χ4v) is 8.25. The molecule has 4 aromatic carbocycles. The van der Waals surface area contributed by atoms with Gasteiger partial charge in [0.2, 0.25) is 0 Å². The fourth-order valence-electron chi connectivity index (χ4n) is 4.90. The lowest BCUT2D eigenvalue weighted by molar-refractivity contribution is 0.264. The van der Waals surface area contributed by atoms with Gasteiger partial charge < -0.3 is 9.05 Å². The minimum Gasteiger partial charge on any atom is -0.394 e. The molecule has 0 amide bonds. The third-order valence-electron chi connectivity index (χ3n) is 6.91. The summed E-state index contributed by atoms with van der Waals surface area (Å²) in [5.41, 5.74) is 3.60. The van der Waals surface area contributed by atoms with Gasteiger partial charge in [-0.05, 0) is 60.4 Å². The molecule has 0 aliphatic carbocycles. The molecule has 0 spiro atoms. The number of halogens is 2. The van der Waals surface area contributed by atoms with Crippen LogP contribution in [-0.2, 0) is 26.5 Å². The molecular formula is C32H25F2O4PS2. The average molecular weight is 607 g/mol. The van der Waals surface area contributed by atoms with E-state index < -0.39 is 19.5 Å². The van der Waals surface area contributed by atoms with Crippen molar-refractivity contribution in [1.29, 1.82) is 0 Å². The van der Waals surface area contributed by atoms with Gasteiger partial charge >= 0.3 is 7.82 Å². The summed E-state index contributed by atoms with van der Waals surface area (Å²) in [6.45, 7) is 4.01. The molecule has 41 heavy (non-hydrogen) atoms. The zero-order chi connectivity index (χ0) is 28.7. The summed E-state index contributed by atoms with van der Waals surface area (Å²) in [7, 11) is -4.88. The van der Waals surface area contributed by atoms with Gasteiger partial charge in [-0.3, -0.25) is 4.89 Å². The van der Waals surface area contributed by atoms with Gasteiger partial charge in [-0.25, -0.2) is 13.3 Å². The first-order valence-corrected chi connectivity index (χ1v) is 16.2. The molecule has 0 aromatic heterocycles. The third-order valence-corrected chi connectivity index (χ3v) is 10.3. The Bertz CT molecular complexity index is 1670. The normalized spacial score (nSPS) is 13.9. The summed E-state index contributed by atoms with van der Waals surface area (Å²) < 4.78 is 55.2. The van der Waals surface area contributed by atoms with Crippen LogP contribution in [0.25, 0.3) is 23.7 Å². The van der Waals surface area contributed by atoms with Crippen LogP contribution in [0.4, 0.5) is 8.78 Å². The van der Waals surface area contributed by atoms with E-state index in [1.54, 1.807) is 36.4 Å². The lowest BCUT2D eigenvalue weighted by atomic mass is 10.1.